The van der Waals surface area contributed by atoms with Crippen LogP contribution in [0, 0.1) is 0 Å². The van der Waals surface area contributed by atoms with E-state index in [0.29, 0.717) is 22.9 Å². The Morgan fingerprint density at radius 1 is 0.854 bits per heavy atom. The molecule has 4 rings (SSSR count). The van der Waals surface area contributed by atoms with Gasteiger partial charge in [-0.1, -0.05) is 53.5 Å². The SMILES string of the molecule is CC(=O)Nc1ccc(S(=O)(=O)N(CCc2ccccc2)CC(=O)N/N=C\c2ccc(CNC(=O)C(=O)Nc3ccc(Cl)c(Cl)c3)o2)cc1. The van der Waals surface area contributed by atoms with Crippen molar-refractivity contribution in [3.8, 4) is 0 Å². The molecular weight excluding hydrogens is 683 g/mol. The highest BCUT2D eigenvalue weighted by atomic mass is 35.5. The Bertz CT molecular complexity index is 1920. The Balaban J connectivity index is 1.33. The molecule has 0 radical (unpaired) electrons. The predicted molar refractivity (Wildman–Crippen MR) is 181 cm³/mol. The first-order valence-electron chi connectivity index (χ1n) is 14.3. The lowest BCUT2D eigenvalue weighted by Gasteiger charge is -2.21. The molecule has 4 N–H and O–H groups in total. The third-order valence-corrected chi connectivity index (χ3v) is 9.09. The molecule has 16 heteroatoms. The van der Waals surface area contributed by atoms with Crippen LogP contribution in [0.4, 0.5) is 11.4 Å². The lowest BCUT2D eigenvalue weighted by molar-refractivity contribution is -0.136. The number of carbonyl (C=O) groups is 4. The van der Waals surface area contributed by atoms with Crippen LogP contribution in [0.1, 0.15) is 24.0 Å². The van der Waals surface area contributed by atoms with E-state index >= 15 is 0 Å². The van der Waals surface area contributed by atoms with Crippen molar-refractivity contribution in [1.29, 1.82) is 0 Å². The van der Waals surface area contributed by atoms with E-state index in [1.807, 2.05) is 30.3 Å². The van der Waals surface area contributed by atoms with Gasteiger partial charge in [-0.05, 0) is 66.6 Å². The second-order valence-corrected chi connectivity index (χ2v) is 12.9. The third kappa shape index (κ3) is 10.5. The fraction of sp³-hybridized carbons (Fsp3) is 0.156. The monoisotopic (exact) mass is 712 g/mol. The second-order valence-electron chi connectivity index (χ2n) is 10.1. The molecule has 0 aliphatic rings. The van der Waals surface area contributed by atoms with Gasteiger partial charge in [0.25, 0.3) is 5.91 Å². The zero-order valence-electron chi connectivity index (χ0n) is 25.4. The molecule has 1 aromatic heterocycles. The summed E-state index contributed by atoms with van der Waals surface area (Å²) in [6.07, 6.45) is 1.55. The van der Waals surface area contributed by atoms with Gasteiger partial charge in [0.15, 0.2) is 0 Å². The van der Waals surface area contributed by atoms with Gasteiger partial charge in [0.05, 0.1) is 34.2 Å². The Morgan fingerprint density at radius 2 is 1.56 bits per heavy atom. The molecule has 13 nitrogen and oxygen atoms in total. The first-order valence-corrected chi connectivity index (χ1v) is 16.5. The molecule has 0 bridgehead atoms. The number of furan rings is 1. The molecule has 3 aromatic carbocycles. The van der Waals surface area contributed by atoms with Gasteiger partial charge in [0.2, 0.25) is 15.9 Å². The topological polar surface area (TPSA) is 179 Å². The third-order valence-electron chi connectivity index (χ3n) is 6.50. The molecule has 0 unspecified atom stereocenters. The standard InChI is InChI=1S/C32H30Cl2N6O7S/c1-21(41)37-23-7-12-27(13-8-23)48(45,46)40(16-15-22-5-3-2-4-6-22)20-30(42)39-36-19-26-11-10-25(47-26)18-35-31(43)32(44)38-24-9-14-28(33)29(34)17-24/h2-14,17,19H,15-16,18,20H2,1H3,(H,35,43)(H,37,41)(H,38,44)(H,39,42)/b36-19-. The fourth-order valence-electron chi connectivity index (χ4n) is 4.18. The number of anilines is 2. The average molecular weight is 714 g/mol. The minimum absolute atomic E-state index is 0.00958. The normalized spacial score (nSPS) is 11.3. The molecule has 48 heavy (non-hydrogen) atoms. The highest BCUT2D eigenvalue weighted by Gasteiger charge is 2.26. The summed E-state index contributed by atoms with van der Waals surface area (Å²) in [5.74, 6) is -2.34. The molecule has 4 aromatic rings. The minimum atomic E-state index is -4.11. The van der Waals surface area contributed by atoms with Gasteiger partial charge in [-0.3, -0.25) is 19.2 Å². The van der Waals surface area contributed by atoms with E-state index in [9.17, 15) is 27.6 Å². The van der Waals surface area contributed by atoms with Crippen LogP contribution in [0.3, 0.4) is 0 Å². The van der Waals surface area contributed by atoms with Crippen molar-refractivity contribution in [2.45, 2.75) is 24.8 Å². The first-order chi connectivity index (χ1) is 22.9. The zero-order chi connectivity index (χ0) is 34.7. The van der Waals surface area contributed by atoms with E-state index in [4.69, 9.17) is 27.6 Å². The Kier molecular flexibility index (Phi) is 12.5. The summed E-state index contributed by atoms with van der Waals surface area (Å²) >= 11 is 11.8. The maximum atomic E-state index is 13.5. The summed E-state index contributed by atoms with van der Waals surface area (Å²) in [4.78, 5) is 48.5. The van der Waals surface area contributed by atoms with Gasteiger partial charge in [-0.15, -0.1) is 0 Å². The number of carbonyl (C=O) groups excluding carboxylic acids is 4. The highest BCUT2D eigenvalue weighted by molar-refractivity contribution is 7.89. The molecule has 4 amide bonds. The zero-order valence-corrected chi connectivity index (χ0v) is 27.7. The minimum Gasteiger partial charge on any atom is -0.458 e. The quantitative estimate of drug-likeness (QED) is 0.0912. The summed E-state index contributed by atoms with van der Waals surface area (Å²) in [6.45, 7) is 0.704. The van der Waals surface area contributed by atoms with Crippen LogP contribution in [0.15, 0.2) is 99.3 Å². The van der Waals surface area contributed by atoms with Crippen molar-refractivity contribution in [2.75, 3.05) is 23.7 Å². The summed E-state index contributed by atoms with van der Waals surface area (Å²) in [6, 6.07) is 22.3. The number of amides is 4. The first kappa shape index (κ1) is 35.8. The number of nitrogens with zero attached hydrogens (tertiary/aromatic N) is 2. The summed E-state index contributed by atoms with van der Waals surface area (Å²) in [7, 11) is -4.11. The van der Waals surface area contributed by atoms with Crippen LogP contribution >= 0.6 is 23.2 Å². The molecule has 250 valence electrons. The number of halogens is 2. The van der Waals surface area contributed by atoms with Crippen LogP contribution in [0.2, 0.25) is 10.0 Å². The number of sulfonamides is 1. The molecule has 0 aliphatic heterocycles. The Morgan fingerprint density at radius 3 is 2.25 bits per heavy atom. The smallest absolute Gasteiger partial charge is 0.313 e. The molecule has 0 fully saturated rings. The van der Waals surface area contributed by atoms with Gasteiger partial charge >= 0.3 is 11.8 Å². The summed E-state index contributed by atoms with van der Waals surface area (Å²) in [5.41, 5.74) is 3.90. The van der Waals surface area contributed by atoms with E-state index in [1.54, 1.807) is 0 Å². The molecule has 0 saturated carbocycles. The van der Waals surface area contributed by atoms with Crippen LogP contribution in [-0.4, -0.2) is 55.7 Å². The van der Waals surface area contributed by atoms with Crippen LogP contribution in [0.25, 0.3) is 0 Å². The van der Waals surface area contributed by atoms with Crippen LogP contribution in [0.5, 0.6) is 0 Å². The maximum Gasteiger partial charge on any atom is 0.313 e. The number of nitrogens with one attached hydrogen (secondary N) is 4. The van der Waals surface area contributed by atoms with Crippen LogP contribution < -0.4 is 21.4 Å². The van der Waals surface area contributed by atoms with E-state index in [0.717, 1.165) is 9.87 Å². The van der Waals surface area contributed by atoms with E-state index in [2.05, 4.69) is 26.5 Å². The molecule has 1 heterocycles. The van der Waals surface area contributed by atoms with Crippen molar-refractivity contribution < 1.29 is 32.0 Å². The van der Waals surface area contributed by atoms with Gasteiger partial charge < -0.3 is 20.4 Å². The maximum absolute atomic E-state index is 13.5. The average Bonchev–Trinajstić information content (AvgIpc) is 3.51. The predicted octanol–water partition coefficient (Wildman–Crippen LogP) is 4.18. The Hall–Kier alpha value is -5.02. The van der Waals surface area contributed by atoms with Gasteiger partial charge in [-0.2, -0.15) is 9.41 Å². The van der Waals surface area contributed by atoms with Crippen molar-refractivity contribution in [1.82, 2.24) is 15.0 Å². The van der Waals surface area contributed by atoms with E-state index in [-0.39, 0.29) is 40.4 Å². The number of hydrogen-bond acceptors (Lipinski definition) is 8. The fourth-order valence-corrected chi connectivity index (χ4v) is 5.87. The van der Waals surface area contributed by atoms with Gasteiger partial charge in [0.1, 0.15) is 11.5 Å². The van der Waals surface area contributed by atoms with Crippen molar-refractivity contribution in [3.63, 3.8) is 0 Å². The van der Waals surface area contributed by atoms with E-state index in [1.165, 1.54) is 67.7 Å². The number of hydrogen-bond donors (Lipinski definition) is 4. The summed E-state index contributed by atoms with van der Waals surface area (Å²) < 4.78 is 33.6. The van der Waals surface area contributed by atoms with Crippen molar-refractivity contribution >= 4 is 74.4 Å². The van der Waals surface area contributed by atoms with E-state index < -0.39 is 34.3 Å². The molecule has 0 spiro atoms. The lowest BCUT2D eigenvalue weighted by atomic mass is 10.1. The van der Waals surface area contributed by atoms with Crippen molar-refractivity contribution in [3.05, 3.63) is 112 Å². The van der Waals surface area contributed by atoms with Crippen molar-refractivity contribution in [2.24, 2.45) is 5.10 Å². The molecule has 0 atom stereocenters. The molecule has 0 aliphatic carbocycles. The summed E-state index contributed by atoms with van der Waals surface area (Å²) in [5, 5.41) is 11.8. The van der Waals surface area contributed by atoms with Gasteiger partial charge in [-0.25, -0.2) is 13.8 Å². The number of benzene rings is 3. The Labute approximate surface area is 286 Å². The number of rotatable bonds is 13. The number of hydrazone groups is 1. The second kappa shape index (κ2) is 16.7. The molecule has 0 saturated heterocycles. The highest BCUT2D eigenvalue weighted by Crippen LogP contribution is 2.25. The molecular formula is C32H30Cl2N6O7S. The van der Waals surface area contributed by atoms with Crippen LogP contribution in [-0.2, 0) is 42.2 Å². The lowest BCUT2D eigenvalue weighted by Crippen LogP contribution is -2.40. The largest absolute Gasteiger partial charge is 0.458 e. The van der Waals surface area contributed by atoms with Gasteiger partial charge in [0, 0.05) is 24.8 Å².